The molecule has 0 fully saturated rings. The minimum Gasteiger partial charge on any atom is -0.359 e. The fourth-order valence-corrected chi connectivity index (χ4v) is 2.51. The molecule has 15 heavy (non-hydrogen) atoms. The number of imidazole rings is 1. The van der Waals surface area contributed by atoms with Crippen LogP contribution in [0.5, 0.6) is 0 Å². The lowest BCUT2D eigenvalue weighted by Gasteiger charge is -2.14. The Morgan fingerprint density at radius 3 is 3.13 bits per heavy atom. The second-order valence-electron chi connectivity index (χ2n) is 3.54. The average Bonchev–Trinajstić information content (AvgIpc) is 2.86. The largest absolute Gasteiger partial charge is 0.359 e. The van der Waals surface area contributed by atoms with E-state index in [0.29, 0.717) is 6.04 Å². The third-order valence-corrected chi connectivity index (χ3v) is 3.34. The SMILES string of the molecule is CNc1nccn1C(C)Cc1cccs1. The van der Waals surface area contributed by atoms with Crippen LogP contribution in [0.2, 0.25) is 0 Å². The van der Waals surface area contributed by atoms with Crippen LogP contribution in [0, 0.1) is 0 Å². The van der Waals surface area contributed by atoms with Gasteiger partial charge in [-0.05, 0) is 18.4 Å². The molecule has 1 N–H and O–H groups in total. The molecule has 0 saturated carbocycles. The highest BCUT2D eigenvalue weighted by molar-refractivity contribution is 7.09. The van der Waals surface area contributed by atoms with E-state index in [0.717, 1.165) is 12.4 Å². The van der Waals surface area contributed by atoms with E-state index in [-0.39, 0.29) is 0 Å². The summed E-state index contributed by atoms with van der Waals surface area (Å²) < 4.78 is 2.17. The van der Waals surface area contributed by atoms with Crippen molar-refractivity contribution in [3.63, 3.8) is 0 Å². The molecule has 0 aromatic carbocycles. The number of anilines is 1. The summed E-state index contributed by atoms with van der Waals surface area (Å²) in [5, 5.41) is 5.21. The molecule has 0 amide bonds. The third-order valence-electron chi connectivity index (χ3n) is 2.44. The number of nitrogens with one attached hydrogen (secondary N) is 1. The number of hydrogen-bond donors (Lipinski definition) is 1. The fraction of sp³-hybridized carbons (Fsp3) is 0.364. The number of thiophene rings is 1. The van der Waals surface area contributed by atoms with Crippen LogP contribution in [0.25, 0.3) is 0 Å². The molecule has 0 radical (unpaired) electrons. The number of rotatable bonds is 4. The molecule has 1 unspecified atom stereocenters. The maximum Gasteiger partial charge on any atom is 0.202 e. The van der Waals surface area contributed by atoms with Crippen LogP contribution in [0.3, 0.4) is 0 Å². The zero-order valence-corrected chi connectivity index (χ0v) is 9.79. The van der Waals surface area contributed by atoms with E-state index in [1.807, 2.05) is 30.8 Å². The van der Waals surface area contributed by atoms with E-state index in [9.17, 15) is 0 Å². The summed E-state index contributed by atoms with van der Waals surface area (Å²) in [5.41, 5.74) is 0. The number of hydrogen-bond acceptors (Lipinski definition) is 3. The van der Waals surface area contributed by atoms with E-state index < -0.39 is 0 Å². The Labute approximate surface area is 93.8 Å². The van der Waals surface area contributed by atoms with Gasteiger partial charge in [-0.25, -0.2) is 4.98 Å². The van der Waals surface area contributed by atoms with E-state index in [1.54, 1.807) is 0 Å². The first-order valence-corrected chi connectivity index (χ1v) is 5.92. The lowest BCUT2D eigenvalue weighted by molar-refractivity contribution is 0.554. The van der Waals surface area contributed by atoms with Gasteiger partial charge in [-0.3, -0.25) is 0 Å². The number of nitrogens with zero attached hydrogens (tertiary/aromatic N) is 2. The van der Waals surface area contributed by atoms with E-state index in [4.69, 9.17) is 0 Å². The first kappa shape index (κ1) is 10.2. The standard InChI is InChI=1S/C11H15N3S/c1-9(8-10-4-3-7-15-10)14-6-5-13-11(14)12-2/h3-7,9H,8H2,1-2H3,(H,12,13). The topological polar surface area (TPSA) is 29.9 Å². The highest BCUT2D eigenvalue weighted by atomic mass is 32.1. The normalized spacial score (nSPS) is 12.7. The summed E-state index contributed by atoms with van der Waals surface area (Å²) in [7, 11) is 1.90. The molecule has 0 aliphatic carbocycles. The minimum absolute atomic E-state index is 0.439. The fourth-order valence-electron chi connectivity index (χ4n) is 1.68. The van der Waals surface area contributed by atoms with Crippen molar-refractivity contribution in [2.24, 2.45) is 0 Å². The van der Waals surface area contributed by atoms with E-state index in [1.165, 1.54) is 4.88 Å². The molecule has 0 saturated heterocycles. The van der Waals surface area contributed by atoms with Gasteiger partial charge in [0, 0.05) is 36.8 Å². The zero-order chi connectivity index (χ0) is 10.7. The van der Waals surface area contributed by atoms with Gasteiger partial charge in [0.25, 0.3) is 0 Å². The molecule has 2 aromatic heterocycles. The highest BCUT2D eigenvalue weighted by Gasteiger charge is 2.09. The molecule has 80 valence electrons. The Morgan fingerprint density at radius 2 is 2.47 bits per heavy atom. The summed E-state index contributed by atoms with van der Waals surface area (Å²) in [6.07, 6.45) is 4.91. The van der Waals surface area contributed by atoms with Crippen molar-refractivity contribution in [1.29, 1.82) is 0 Å². The molecule has 0 aliphatic rings. The Kier molecular flexibility index (Phi) is 3.06. The summed E-state index contributed by atoms with van der Waals surface area (Å²) >= 11 is 1.81. The Balaban J connectivity index is 2.11. The smallest absolute Gasteiger partial charge is 0.202 e. The molecule has 0 spiro atoms. The van der Waals surface area contributed by atoms with Crippen molar-refractivity contribution in [3.05, 3.63) is 34.8 Å². The van der Waals surface area contributed by atoms with Gasteiger partial charge in [-0.2, -0.15) is 0 Å². The van der Waals surface area contributed by atoms with E-state index in [2.05, 4.69) is 39.3 Å². The molecule has 2 rings (SSSR count). The number of aromatic nitrogens is 2. The Bertz CT molecular complexity index is 405. The van der Waals surface area contributed by atoms with Crippen molar-refractivity contribution >= 4 is 17.3 Å². The Hall–Kier alpha value is -1.29. The predicted molar refractivity (Wildman–Crippen MR) is 64.5 cm³/mol. The quantitative estimate of drug-likeness (QED) is 0.860. The maximum absolute atomic E-state index is 4.24. The highest BCUT2D eigenvalue weighted by Crippen LogP contribution is 2.20. The molecule has 0 aliphatic heterocycles. The van der Waals surface area contributed by atoms with Crippen LogP contribution < -0.4 is 5.32 Å². The van der Waals surface area contributed by atoms with Gasteiger partial charge in [0.15, 0.2) is 0 Å². The molecule has 3 nitrogen and oxygen atoms in total. The van der Waals surface area contributed by atoms with Crippen LogP contribution in [-0.2, 0) is 6.42 Å². The van der Waals surface area contributed by atoms with Crippen molar-refractivity contribution in [3.8, 4) is 0 Å². The lowest BCUT2D eigenvalue weighted by atomic mass is 10.2. The molecule has 0 bridgehead atoms. The second-order valence-corrected chi connectivity index (χ2v) is 4.57. The second kappa shape index (κ2) is 4.49. The van der Waals surface area contributed by atoms with Gasteiger partial charge in [-0.1, -0.05) is 6.07 Å². The lowest BCUT2D eigenvalue weighted by Crippen LogP contribution is -2.10. The summed E-state index contributed by atoms with van der Waals surface area (Å²) in [4.78, 5) is 5.66. The first-order chi connectivity index (χ1) is 7.31. The molecular weight excluding hydrogens is 206 g/mol. The first-order valence-electron chi connectivity index (χ1n) is 5.04. The van der Waals surface area contributed by atoms with Crippen LogP contribution in [0.4, 0.5) is 5.95 Å². The van der Waals surface area contributed by atoms with Gasteiger partial charge in [0.1, 0.15) is 0 Å². The van der Waals surface area contributed by atoms with Crippen molar-refractivity contribution in [2.45, 2.75) is 19.4 Å². The third kappa shape index (κ3) is 2.21. The van der Waals surface area contributed by atoms with Crippen molar-refractivity contribution < 1.29 is 0 Å². The predicted octanol–water partition coefficient (Wildman–Crippen LogP) is 2.79. The molecule has 4 heteroatoms. The molecule has 1 atom stereocenters. The van der Waals surface area contributed by atoms with Crippen LogP contribution in [0.15, 0.2) is 29.9 Å². The van der Waals surface area contributed by atoms with Crippen LogP contribution in [0.1, 0.15) is 17.8 Å². The van der Waals surface area contributed by atoms with Gasteiger partial charge < -0.3 is 9.88 Å². The van der Waals surface area contributed by atoms with Gasteiger partial charge in [0.2, 0.25) is 5.95 Å². The average molecular weight is 221 g/mol. The minimum atomic E-state index is 0.439. The van der Waals surface area contributed by atoms with Gasteiger partial charge >= 0.3 is 0 Å². The summed E-state index contributed by atoms with van der Waals surface area (Å²) in [6, 6.07) is 4.71. The van der Waals surface area contributed by atoms with Gasteiger partial charge in [-0.15, -0.1) is 11.3 Å². The molecular formula is C11H15N3S. The van der Waals surface area contributed by atoms with Gasteiger partial charge in [0.05, 0.1) is 0 Å². The summed E-state index contributed by atoms with van der Waals surface area (Å²) in [6.45, 7) is 2.21. The van der Waals surface area contributed by atoms with Crippen molar-refractivity contribution in [1.82, 2.24) is 9.55 Å². The maximum atomic E-state index is 4.24. The van der Waals surface area contributed by atoms with Crippen LogP contribution in [-0.4, -0.2) is 16.6 Å². The zero-order valence-electron chi connectivity index (χ0n) is 8.97. The Morgan fingerprint density at radius 1 is 1.60 bits per heavy atom. The summed E-state index contributed by atoms with van der Waals surface area (Å²) in [5.74, 6) is 0.930. The van der Waals surface area contributed by atoms with E-state index >= 15 is 0 Å². The molecule has 2 aromatic rings. The van der Waals surface area contributed by atoms with Crippen LogP contribution >= 0.6 is 11.3 Å². The monoisotopic (exact) mass is 221 g/mol. The van der Waals surface area contributed by atoms with Crippen molar-refractivity contribution in [2.75, 3.05) is 12.4 Å². The molecule has 2 heterocycles.